The zero-order valence-corrected chi connectivity index (χ0v) is 11.3. The minimum absolute atomic E-state index is 0.0136. The third-order valence-electron chi connectivity index (χ3n) is 2.17. The fourth-order valence-electron chi connectivity index (χ4n) is 1.30. The molecule has 1 aromatic carbocycles. The first-order valence-electron chi connectivity index (χ1n) is 5.47. The fourth-order valence-corrected chi connectivity index (χ4v) is 2.36. The van der Waals surface area contributed by atoms with Crippen LogP contribution in [0.15, 0.2) is 29.2 Å². The molecule has 0 unspecified atom stereocenters. The smallest absolute Gasteiger partial charge is 0.321 e. The molecular formula is C12H15NO4S. The first-order chi connectivity index (χ1) is 8.36. The second-order valence-corrected chi connectivity index (χ2v) is 5.78. The van der Waals surface area contributed by atoms with Gasteiger partial charge in [0.15, 0.2) is 0 Å². The number of nitro groups is 1. The van der Waals surface area contributed by atoms with Gasteiger partial charge in [-0.15, -0.1) is 11.8 Å². The Morgan fingerprint density at radius 1 is 1.50 bits per heavy atom. The fraction of sp³-hybridized carbons (Fsp3) is 0.417. The number of benzene rings is 1. The van der Waals surface area contributed by atoms with Crippen LogP contribution in [0.1, 0.15) is 20.8 Å². The van der Waals surface area contributed by atoms with Crippen LogP contribution < -0.4 is 0 Å². The van der Waals surface area contributed by atoms with Gasteiger partial charge in [0.05, 0.1) is 11.5 Å². The lowest BCUT2D eigenvalue weighted by Gasteiger charge is -2.21. The summed E-state index contributed by atoms with van der Waals surface area (Å²) in [5, 5.41) is 10.7. The molecule has 1 rings (SSSR count). The Kier molecular flexibility index (Phi) is 4.72. The van der Waals surface area contributed by atoms with Crippen molar-refractivity contribution in [1.82, 2.24) is 0 Å². The maximum Gasteiger partial charge on any atom is 0.321 e. The van der Waals surface area contributed by atoms with Crippen LogP contribution >= 0.6 is 11.8 Å². The summed E-state index contributed by atoms with van der Waals surface area (Å²) >= 11 is 1.25. The molecule has 18 heavy (non-hydrogen) atoms. The SMILES string of the molecule is CCOC(=O)C(C)(C)Sc1cccc([N+](=O)[O-])c1. The van der Waals surface area contributed by atoms with E-state index in [1.807, 2.05) is 0 Å². The Labute approximate surface area is 110 Å². The first kappa shape index (κ1) is 14.5. The summed E-state index contributed by atoms with van der Waals surface area (Å²) in [6.07, 6.45) is 0. The number of rotatable bonds is 5. The maximum atomic E-state index is 11.7. The minimum Gasteiger partial charge on any atom is -0.465 e. The van der Waals surface area contributed by atoms with E-state index in [9.17, 15) is 14.9 Å². The van der Waals surface area contributed by atoms with Crippen molar-refractivity contribution >= 4 is 23.4 Å². The van der Waals surface area contributed by atoms with E-state index >= 15 is 0 Å². The lowest BCUT2D eigenvalue weighted by Crippen LogP contribution is -2.29. The summed E-state index contributed by atoms with van der Waals surface area (Å²) in [4.78, 5) is 22.6. The molecule has 0 N–H and O–H groups in total. The quantitative estimate of drug-likeness (QED) is 0.355. The van der Waals surface area contributed by atoms with Crippen LogP contribution in [0, 0.1) is 10.1 Å². The number of nitrogens with zero attached hydrogens (tertiary/aromatic N) is 1. The average molecular weight is 269 g/mol. The lowest BCUT2D eigenvalue weighted by molar-refractivity contribution is -0.385. The van der Waals surface area contributed by atoms with Gasteiger partial charge in [-0.3, -0.25) is 14.9 Å². The van der Waals surface area contributed by atoms with Crippen LogP contribution in [0.2, 0.25) is 0 Å². The molecule has 0 atom stereocenters. The van der Waals surface area contributed by atoms with Gasteiger partial charge in [-0.2, -0.15) is 0 Å². The Morgan fingerprint density at radius 3 is 2.72 bits per heavy atom. The topological polar surface area (TPSA) is 69.4 Å². The van der Waals surface area contributed by atoms with E-state index in [1.54, 1.807) is 32.9 Å². The number of nitro benzene ring substituents is 1. The van der Waals surface area contributed by atoms with Gasteiger partial charge in [0.25, 0.3) is 5.69 Å². The van der Waals surface area contributed by atoms with Crippen LogP contribution in [-0.4, -0.2) is 22.2 Å². The molecule has 0 aromatic heterocycles. The highest BCUT2D eigenvalue weighted by atomic mass is 32.2. The van der Waals surface area contributed by atoms with Crippen LogP contribution in [0.5, 0.6) is 0 Å². The Bertz CT molecular complexity index is 459. The van der Waals surface area contributed by atoms with Crippen molar-refractivity contribution in [2.75, 3.05) is 6.61 Å². The number of carbonyl (C=O) groups is 1. The molecule has 0 aliphatic rings. The number of thioether (sulfide) groups is 1. The molecule has 0 bridgehead atoms. The van der Waals surface area contributed by atoms with Gasteiger partial charge in [-0.05, 0) is 26.8 Å². The van der Waals surface area contributed by atoms with E-state index in [2.05, 4.69) is 0 Å². The molecule has 0 fully saturated rings. The zero-order valence-electron chi connectivity index (χ0n) is 10.5. The van der Waals surface area contributed by atoms with E-state index < -0.39 is 9.67 Å². The van der Waals surface area contributed by atoms with Gasteiger partial charge < -0.3 is 4.74 Å². The Balaban J connectivity index is 2.86. The molecular weight excluding hydrogens is 254 g/mol. The van der Waals surface area contributed by atoms with Gasteiger partial charge in [-0.1, -0.05) is 6.07 Å². The van der Waals surface area contributed by atoms with Crippen LogP contribution in [0.4, 0.5) is 5.69 Å². The van der Waals surface area contributed by atoms with Gasteiger partial charge in [0, 0.05) is 17.0 Å². The molecule has 5 nitrogen and oxygen atoms in total. The molecule has 0 aliphatic carbocycles. The first-order valence-corrected chi connectivity index (χ1v) is 6.29. The summed E-state index contributed by atoms with van der Waals surface area (Å²) in [6.45, 7) is 5.52. The van der Waals surface area contributed by atoms with Crippen molar-refractivity contribution in [3.63, 3.8) is 0 Å². The largest absolute Gasteiger partial charge is 0.465 e. The predicted octanol–water partition coefficient (Wildman–Crippen LogP) is 3.03. The van der Waals surface area contributed by atoms with E-state index in [0.29, 0.717) is 11.5 Å². The van der Waals surface area contributed by atoms with Gasteiger partial charge in [-0.25, -0.2) is 0 Å². The van der Waals surface area contributed by atoms with E-state index in [0.717, 1.165) is 0 Å². The van der Waals surface area contributed by atoms with Crippen molar-refractivity contribution in [3.05, 3.63) is 34.4 Å². The summed E-state index contributed by atoms with van der Waals surface area (Å²) in [7, 11) is 0. The molecule has 0 aliphatic heterocycles. The molecule has 0 saturated heterocycles. The maximum absolute atomic E-state index is 11.7. The summed E-state index contributed by atoms with van der Waals surface area (Å²) < 4.78 is 4.19. The second-order valence-electron chi connectivity index (χ2n) is 4.09. The number of hydrogen-bond acceptors (Lipinski definition) is 5. The molecule has 98 valence electrons. The predicted molar refractivity (Wildman–Crippen MR) is 69.7 cm³/mol. The van der Waals surface area contributed by atoms with Crippen molar-refractivity contribution in [2.45, 2.75) is 30.4 Å². The molecule has 1 aromatic rings. The number of ether oxygens (including phenoxy) is 1. The summed E-state index contributed by atoms with van der Waals surface area (Å²) in [5.41, 5.74) is 0.0136. The third kappa shape index (κ3) is 3.73. The van der Waals surface area contributed by atoms with Gasteiger partial charge >= 0.3 is 5.97 Å². The average Bonchev–Trinajstić information content (AvgIpc) is 2.29. The number of hydrogen-bond donors (Lipinski definition) is 0. The third-order valence-corrected chi connectivity index (χ3v) is 3.34. The Morgan fingerprint density at radius 2 is 2.17 bits per heavy atom. The monoisotopic (exact) mass is 269 g/mol. The van der Waals surface area contributed by atoms with Crippen molar-refractivity contribution in [3.8, 4) is 0 Å². The van der Waals surface area contributed by atoms with Crippen molar-refractivity contribution in [1.29, 1.82) is 0 Å². The lowest BCUT2D eigenvalue weighted by atomic mass is 10.2. The molecule has 6 heteroatoms. The van der Waals surface area contributed by atoms with Crippen LogP contribution in [0.25, 0.3) is 0 Å². The highest BCUT2D eigenvalue weighted by Crippen LogP contribution is 2.34. The second kappa shape index (κ2) is 5.86. The zero-order chi connectivity index (χ0) is 13.8. The highest BCUT2D eigenvalue weighted by molar-refractivity contribution is 8.01. The van der Waals surface area contributed by atoms with Gasteiger partial charge in [0.1, 0.15) is 4.75 Å². The molecule has 0 saturated carbocycles. The van der Waals surface area contributed by atoms with E-state index in [-0.39, 0.29) is 11.7 Å². The molecule has 0 radical (unpaired) electrons. The van der Waals surface area contributed by atoms with E-state index in [4.69, 9.17) is 4.74 Å². The van der Waals surface area contributed by atoms with Crippen molar-refractivity contribution < 1.29 is 14.5 Å². The standard InChI is InChI=1S/C12H15NO4S/c1-4-17-11(14)12(2,3)18-10-7-5-6-9(8-10)13(15)16/h5-8H,4H2,1-3H3. The number of non-ortho nitro benzene ring substituents is 1. The normalized spacial score (nSPS) is 11.1. The molecule has 0 heterocycles. The van der Waals surface area contributed by atoms with Crippen molar-refractivity contribution in [2.24, 2.45) is 0 Å². The Hall–Kier alpha value is -1.56. The summed E-state index contributed by atoms with van der Waals surface area (Å²) in [5.74, 6) is -0.332. The number of esters is 1. The molecule has 0 amide bonds. The highest BCUT2D eigenvalue weighted by Gasteiger charge is 2.30. The minimum atomic E-state index is -0.773. The van der Waals surface area contributed by atoms with Gasteiger partial charge in [0.2, 0.25) is 0 Å². The van der Waals surface area contributed by atoms with Crippen LogP contribution in [-0.2, 0) is 9.53 Å². The molecule has 0 spiro atoms. The van der Waals surface area contributed by atoms with Crippen LogP contribution in [0.3, 0.4) is 0 Å². The number of carbonyl (C=O) groups excluding carboxylic acids is 1. The van der Waals surface area contributed by atoms with E-state index in [1.165, 1.54) is 23.9 Å². The summed E-state index contributed by atoms with van der Waals surface area (Å²) in [6, 6.07) is 6.20.